The molecule has 4 aliphatic heterocycles. The quantitative estimate of drug-likeness (QED) is 0.633. The number of ether oxygens (including phenoxy) is 1. The second-order valence-electron chi connectivity index (χ2n) is 9.46. The molecule has 0 aromatic heterocycles. The van der Waals surface area contributed by atoms with Gasteiger partial charge in [0.05, 0.1) is 5.25 Å². The molecule has 11 heteroatoms. The van der Waals surface area contributed by atoms with Gasteiger partial charge in [0.2, 0.25) is 21.8 Å². The maximum absolute atomic E-state index is 15.1. The smallest absolute Gasteiger partial charge is 0.255 e. The van der Waals surface area contributed by atoms with Crippen LogP contribution in [0.2, 0.25) is 0 Å². The first-order valence-corrected chi connectivity index (χ1v) is 13.3. The van der Waals surface area contributed by atoms with E-state index in [1.807, 2.05) is 0 Å². The molecule has 184 valence electrons. The van der Waals surface area contributed by atoms with Gasteiger partial charge in [0.1, 0.15) is 11.9 Å². The Bertz CT molecular complexity index is 1130. The molecule has 0 radical (unpaired) electrons. The number of hydrogen-bond acceptors (Lipinski definition) is 6. The van der Waals surface area contributed by atoms with Crippen LogP contribution in [0.5, 0.6) is 0 Å². The zero-order valence-corrected chi connectivity index (χ0v) is 19.6. The van der Waals surface area contributed by atoms with Gasteiger partial charge in [-0.25, -0.2) is 17.1 Å². The fourth-order valence-electron chi connectivity index (χ4n) is 5.53. The largest absolute Gasteiger partial charge is 0.381 e. The number of nitrogens with one attached hydrogen (secondary N) is 1. The van der Waals surface area contributed by atoms with Crippen LogP contribution in [-0.4, -0.2) is 72.9 Å². The van der Waals surface area contributed by atoms with E-state index in [1.165, 1.54) is 15.3 Å². The standard InChI is InChI=1S/C23H28FN3O6S/c24-19-12-18-15(13-27(23(18)30)20-1-2-21(28)25-22(20)29)11-17(19)14-3-7-26(8-4-14)34(31,32)16-5-9-33-10-6-16/h11-12,14,16,20H,1-10,13H2,(H,25,28,29). The Morgan fingerprint density at radius 1 is 1.00 bits per heavy atom. The lowest BCUT2D eigenvalue weighted by atomic mass is 9.88. The Kier molecular flexibility index (Phi) is 6.19. The van der Waals surface area contributed by atoms with Gasteiger partial charge >= 0.3 is 0 Å². The minimum absolute atomic E-state index is 0.147. The molecule has 5 rings (SSSR count). The Balaban J connectivity index is 1.29. The van der Waals surface area contributed by atoms with E-state index in [0.29, 0.717) is 63.1 Å². The lowest BCUT2D eigenvalue weighted by molar-refractivity contribution is -0.136. The van der Waals surface area contributed by atoms with E-state index in [4.69, 9.17) is 4.74 Å². The molecule has 1 aromatic carbocycles. The molecule has 0 bridgehead atoms. The van der Waals surface area contributed by atoms with Crippen molar-refractivity contribution in [2.45, 2.75) is 62.3 Å². The third kappa shape index (κ3) is 4.14. The van der Waals surface area contributed by atoms with Crippen LogP contribution in [0.25, 0.3) is 0 Å². The SMILES string of the molecule is O=C1CCC(N2Cc3cc(C4CCN(S(=O)(=O)C5CCOCC5)CC4)c(F)cc3C2=O)C(=O)N1. The fourth-order valence-corrected chi connectivity index (χ4v) is 7.46. The van der Waals surface area contributed by atoms with Gasteiger partial charge in [-0.1, -0.05) is 6.07 Å². The summed E-state index contributed by atoms with van der Waals surface area (Å²) in [7, 11) is -3.40. The maximum Gasteiger partial charge on any atom is 0.255 e. The number of imide groups is 1. The first-order valence-electron chi connectivity index (χ1n) is 11.8. The molecular weight excluding hydrogens is 465 g/mol. The summed E-state index contributed by atoms with van der Waals surface area (Å²) in [5.74, 6) is -1.90. The van der Waals surface area contributed by atoms with Crippen molar-refractivity contribution in [1.29, 1.82) is 0 Å². The average Bonchev–Trinajstić information content (AvgIpc) is 3.14. The van der Waals surface area contributed by atoms with Crippen molar-refractivity contribution in [3.63, 3.8) is 0 Å². The highest BCUT2D eigenvalue weighted by atomic mass is 32.2. The van der Waals surface area contributed by atoms with Crippen molar-refractivity contribution in [3.8, 4) is 0 Å². The molecule has 1 unspecified atom stereocenters. The first-order chi connectivity index (χ1) is 16.3. The third-order valence-electron chi connectivity index (χ3n) is 7.48. The molecular formula is C23H28FN3O6S. The lowest BCUT2D eigenvalue weighted by Gasteiger charge is -2.35. The van der Waals surface area contributed by atoms with E-state index in [9.17, 15) is 22.8 Å². The average molecular weight is 494 g/mol. The Hall–Kier alpha value is -2.37. The van der Waals surface area contributed by atoms with Crippen LogP contribution >= 0.6 is 0 Å². The van der Waals surface area contributed by atoms with Gasteiger partial charge in [-0.2, -0.15) is 0 Å². The van der Waals surface area contributed by atoms with Crippen molar-refractivity contribution < 1.29 is 31.9 Å². The summed E-state index contributed by atoms with van der Waals surface area (Å²) in [5, 5.41) is 1.84. The minimum Gasteiger partial charge on any atom is -0.381 e. The molecule has 1 aromatic rings. The van der Waals surface area contributed by atoms with E-state index in [-0.39, 0.29) is 36.8 Å². The summed E-state index contributed by atoms with van der Waals surface area (Å²) in [6.07, 6.45) is 2.41. The van der Waals surface area contributed by atoms with Gasteiger partial charge in [0, 0.05) is 44.8 Å². The van der Waals surface area contributed by atoms with E-state index < -0.39 is 38.9 Å². The predicted molar refractivity (Wildman–Crippen MR) is 119 cm³/mol. The molecule has 4 aliphatic rings. The number of carbonyl (C=O) groups excluding carboxylic acids is 3. The highest BCUT2D eigenvalue weighted by Crippen LogP contribution is 2.36. The normalized spacial score (nSPS) is 25.5. The van der Waals surface area contributed by atoms with Crippen LogP contribution in [0.15, 0.2) is 12.1 Å². The van der Waals surface area contributed by atoms with Crippen molar-refractivity contribution in [2.75, 3.05) is 26.3 Å². The summed E-state index contributed by atoms with van der Waals surface area (Å²) in [6.45, 7) is 1.76. The molecule has 0 aliphatic carbocycles. The number of rotatable bonds is 4. The van der Waals surface area contributed by atoms with E-state index in [0.717, 1.165) is 0 Å². The summed E-state index contributed by atoms with van der Waals surface area (Å²) in [4.78, 5) is 38.0. The third-order valence-corrected chi connectivity index (χ3v) is 9.88. The minimum atomic E-state index is -3.40. The molecule has 3 saturated heterocycles. The maximum atomic E-state index is 15.1. The van der Waals surface area contributed by atoms with Crippen molar-refractivity contribution >= 4 is 27.7 Å². The van der Waals surface area contributed by atoms with Gasteiger partial charge in [0.15, 0.2) is 0 Å². The summed E-state index contributed by atoms with van der Waals surface area (Å²) < 4.78 is 47.8. The molecule has 1 atom stereocenters. The van der Waals surface area contributed by atoms with Crippen LogP contribution in [0.3, 0.4) is 0 Å². The fraction of sp³-hybridized carbons (Fsp3) is 0.609. The molecule has 4 heterocycles. The number of sulfonamides is 1. The zero-order valence-electron chi connectivity index (χ0n) is 18.8. The summed E-state index contributed by atoms with van der Waals surface area (Å²) in [6, 6.07) is 2.19. The van der Waals surface area contributed by atoms with Crippen LogP contribution in [-0.2, 0) is 30.9 Å². The first kappa shape index (κ1) is 23.4. The molecule has 3 amide bonds. The predicted octanol–water partition coefficient (Wildman–Crippen LogP) is 1.27. The topological polar surface area (TPSA) is 113 Å². The highest BCUT2D eigenvalue weighted by molar-refractivity contribution is 7.89. The van der Waals surface area contributed by atoms with Gasteiger partial charge in [-0.3, -0.25) is 19.7 Å². The number of piperidine rings is 2. The van der Waals surface area contributed by atoms with Crippen LogP contribution < -0.4 is 5.32 Å². The van der Waals surface area contributed by atoms with Crippen LogP contribution in [0.1, 0.15) is 65.9 Å². The van der Waals surface area contributed by atoms with Crippen LogP contribution in [0.4, 0.5) is 4.39 Å². The van der Waals surface area contributed by atoms with Crippen molar-refractivity contribution in [1.82, 2.24) is 14.5 Å². The highest BCUT2D eigenvalue weighted by Gasteiger charge is 2.41. The number of halogens is 1. The number of hydrogen-bond donors (Lipinski definition) is 1. The van der Waals surface area contributed by atoms with Crippen molar-refractivity contribution in [2.24, 2.45) is 0 Å². The number of nitrogens with zero attached hydrogens (tertiary/aromatic N) is 2. The molecule has 0 saturated carbocycles. The lowest BCUT2D eigenvalue weighted by Crippen LogP contribution is -2.52. The number of fused-ring (bicyclic) bond motifs is 1. The van der Waals surface area contributed by atoms with E-state index in [2.05, 4.69) is 5.32 Å². The summed E-state index contributed by atoms with van der Waals surface area (Å²) >= 11 is 0. The molecule has 34 heavy (non-hydrogen) atoms. The number of benzene rings is 1. The molecule has 9 nitrogen and oxygen atoms in total. The van der Waals surface area contributed by atoms with Gasteiger partial charge in [0.25, 0.3) is 5.91 Å². The van der Waals surface area contributed by atoms with Crippen molar-refractivity contribution in [3.05, 3.63) is 34.6 Å². The van der Waals surface area contributed by atoms with Gasteiger partial charge in [-0.05, 0) is 55.2 Å². The van der Waals surface area contributed by atoms with Gasteiger partial charge < -0.3 is 9.64 Å². The Labute approximate surface area is 197 Å². The number of carbonyl (C=O) groups is 3. The number of amides is 3. The van der Waals surface area contributed by atoms with Crippen LogP contribution in [0, 0.1) is 5.82 Å². The monoisotopic (exact) mass is 493 g/mol. The van der Waals surface area contributed by atoms with E-state index in [1.54, 1.807) is 6.07 Å². The molecule has 3 fully saturated rings. The molecule has 0 spiro atoms. The Morgan fingerprint density at radius 3 is 2.38 bits per heavy atom. The Morgan fingerprint density at radius 2 is 1.71 bits per heavy atom. The van der Waals surface area contributed by atoms with Gasteiger partial charge in [-0.15, -0.1) is 0 Å². The summed E-state index contributed by atoms with van der Waals surface area (Å²) in [5.41, 5.74) is 1.38. The second-order valence-corrected chi connectivity index (χ2v) is 11.7. The van der Waals surface area contributed by atoms with E-state index >= 15 is 4.39 Å². The molecule has 1 N–H and O–H groups in total. The zero-order chi connectivity index (χ0) is 24.0. The second kappa shape index (κ2) is 9.01.